The fourth-order valence-corrected chi connectivity index (χ4v) is 4.28. The van der Waals surface area contributed by atoms with Gasteiger partial charge in [0.2, 0.25) is 5.88 Å². The number of ether oxygens (including phenoxy) is 1. The number of nitrogens with two attached hydrogens (primary N) is 1. The first kappa shape index (κ1) is 14.8. The van der Waals surface area contributed by atoms with Crippen molar-refractivity contribution in [2.75, 3.05) is 22.6 Å². The second-order valence-corrected chi connectivity index (χ2v) is 7.82. The van der Waals surface area contributed by atoms with Gasteiger partial charge in [-0.2, -0.15) is 4.98 Å². The normalized spacial score (nSPS) is 24.8. The first-order valence-corrected chi connectivity index (χ1v) is 8.29. The largest absolute Gasteiger partial charge is 0.473 e. The Hall–Kier alpha value is -1.57. The maximum atomic E-state index is 11.6. The molecule has 1 aromatic heterocycles. The topological polar surface area (TPSA) is 107 Å². The second kappa shape index (κ2) is 5.08. The Labute approximate surface area is 118 Å². The van der Waals surface area contributed by atoms with E-state index in [2.05, 4.69) is 15.3 Å². The van der Waals surface area contributed by atoms with Crippen molar-refractivity contribution in [2.45, 2.75) is 38.8 Å². The summed E-state index contributed by atoms with van der Waals surface area (Å²) in [7, 11) is -2.99. The third kappa shape index (κ3) is 3.30. The number of nitrogens with zero attached hydrogens (tertiary/aromatic N) is 2. The lowest BCUT2D eigenvalue weighted by atomic mass is 10.0. The lowest BCUT2D eigenvalue weighted by Crippen LogP contribution is -2.36. The van der Waals surface area contributed by atoms with Gasteiger partial charge in [0, 0.05) is 0 Å². The molecule has 1 fully saturated rings. The second-order valence-electron chi connectivity index (χ2n) is 5.64. The zero-order chi connectivity index (χ0) is 15.0. The summed E-state index contributed by atoms with van der Waals surface area (Å²) in [5.41, 5.74) is 5.71. The van der Waals surface area contributed by atoms with Crippen LogP contribution in [0.1, 0.15) is 27.2 Å². The summed E-state index contributed by atoms with van der Waals surface area (Å²) in [6.07, 6.45) is 1.82. The smallest absolute Gasteiger partial charge is 0.242 e. The minimum Gasteiger partial charge on any atom is -0.473 e. The fourth-order valence-electron chi connectivity index (χ4n) is 2.19. The lowest BCUT2D eigenvalue weighted by Gasteiger charge is -2.25. The molecule has 1 aliphatic heterocycles. The molecule has 3 N–H and O–H groups in total. The maximum absolute atomic E-state index is 11.6. The standard InChI is InChI=1S/C12H20N4O3S/c1-8(2)19-11-9(13)10(14-7-15-11)16-12(3)4-5-20(17,18)6-12/h7-8H,4-6,13H2,1-3H3,(H,14,15,16). The number of aromatic nitrogens is 2. The Morgan fingerprint density at radius 2 is 2.15 bits per heavy atom. The molecule has 0 aliphatic carbocycles. The molecule has 2 heterocycles. The summed E-state index contributed by atoms with van der Waals surface area (Å²) in [5.74, 6) is 0.970. The highest BCUT2D eigenvalue weighted by molar-refractivity contribution is 7.91. The average Bonchev–Trinajstić information content (AvgIpc) is 2.58. The monoisotopic (exact) mass is 300 g/mol. The summed E-state index contributed by atoms with van der Waals surface area (Å²) in [6, 6.07) is 0. The zero-order valence-electron chi connectivity index (χ0n) is 11.9. The Kier molecular flexibility index (Phi) is 3.77. The van der Waals surface area contributed by atoms with E-state index in [1.54, 1.807) is 0 Å². The number of rotatable bonds is 4. The van der Waals surface area contributed by atoms with Crippen LogP contribution in [0.5, 0.6) is 5.88 Å². The van der Waals surface area contributed by atoms with Crippen molar-refractivity contribution in [3.63, 3.8) is 0 Å². The number of nitrogen functional groups attached to an aromatic ring is 1. The molecule has 112 valence electrons. The molecule has 20 heavy (non-hydrogen) atoms. The minimum atomic E-state index is -2.99. The zero-order valence-corrected chi connectivity index (χ0v) is 12.7. The van der Waals surface area contributed by atoms with Gasteiger partial charge in [0.25, 0.3) is 0 Å². The molecule has 7 nitrogen and oxygen atoms in total. The Bertz CT molecular complexity index is 603. The van der Waals surface area contributed by atoms with Crippen molar-refractivity contribution in [3.05, 3.63) is 6.33 Å². The predicted molar refractivity (Wildman–Crippen MR) is 77.5 cm³/mol. The summed E-state index contributed by atoms with van der Waals surface area (Å²) < 4.78 is 28.7. The van der Waals surface area contributed by atoms with Crippen LogP contribution in [0, 0.1) is 0 Å². The van der Waals surface area contributed by atoms with Crippen LogP contribution in [0.15, 0.2) is 6.33 Å². The van der Waals surface area contributed by atoms with Crippen molar-refractivity contribution < 1.29 is 13.2 Å². The Morgan fingerprint density at radius 1 is 1.45 bits per heavy atom. The van der Waals surface area contributed by atoms with Gasteiger partial charge < -0.3 is 15.8 Å². The van der Waals surface area contributed by atoms with Gasteiger partial charge in [-0.1, -0.05) is 0 Å². The fraction of sp³-hybridized carbons (Fsp3) is 0.667. The maximum Gasteiger partial charge on any atom is 0.242 e. The summed E-state index contributed by atoms with van der Waals surface area (Å²) in [5, 5.41) is 3.12. The molecule has 2 rings (SSSR count). The quantitative estimate of drug-likeness (QED) is 0.848. The summed E-state index contributed by atoms with van der Waals surface area (Å²) in [4.78, 5) is 8.07. The Balaban J connectivity index is 2.22. The van der Waals surface area contributed by atoms with Gasteiger partial charge in [0.05, 0.1) is 23.1 Å². The first-order valence-electron chi connectivity index (χ1n) is 6.46. The van der Waals surface area contributed by atoms with Gasteiger partial charge in [-0.3, -0.25) is 0 Å². The van der Waals surface area contributed by atoms with Crippen molar-refractivity contribution in [2.24, 2.45) is 0 Å². The molecule has 1 aromatic rings. The van der Waals surface area contributed by atoms with E-state index in [1.807, 2.05) is 20.8 Å². The van der Waals surface area contributed by atoms with E-state index in [4.69, 9.17) is 10.5 Å². The molecule has 1 saturated heterocycles. The van der Waals surface area contributed by atoms with Crippen molar-refractivity contribution in [1.82, 2.24) is 9.97 Å². The number of nitrogens with one attached hydrogen (secondary N) is 1. The molecular weight excluding hydrogens is 280 g/mol. The highest BCUT2D eigenvalue weighted by Crippen LogP contribution is 2.32. The van der Waals surface area contributed by atoms with E-state index in [1.165, 1.54) is 6.33 Å². The van der Waals surface area contributed by atoms with E-state index < -0.39 is 15.4 Å². The number of sulfone groups is 1. The summed E-state index contributed by atoms with van der Waals surface area (Å²) in [6.45, 7) is 5.60. The summed E-state index contributed by atoms with van der Waals surface area (Å²) >= 11 is 0. The van der Waals surface area contributed by atoms with Crippen molar-refractivity contribution in [1.29, 1.82) is 0 Å². The van der Waals surface area contributed by atoms with Crippen molar-refractivity contribution in [3.8, 4) is 5.88 Å². The molecule has 0 radical (unpaired) electrons. The Morgan fingerprint density at radius 3 is 2.70 bits per heavy atom. The van der Waals surface area contributed by atoms with E-state index >= 15 is 0 Å². The van der Waals surface area contributed by atoms with Crippen LogP contribution in [-0.4, -0.2) is 41.5 Å². The number of anilines is 2. The van der Waals surface area contributed by atoms with Crippen LogP contribution in [-0.2, 0) is 9.84 Å². The molecule has 0 spiro atoms. The molecule has 8 heteroatoms. The third-order valence-corrected chi connectivity index (χ3v) is 5.02. The van der Waals surface area contributed by atoms with Gasteiger partial charge in [-0.05, 0) is 27.2 Å². The predicted octanol–water partition coefficient (Wildman–Crippen LogP) is 0.835. The van der Waals surface area contributed by atoms with Crippen molar-refractivity contribution >= 4 is 21.3 Å². The SMILES string of the molecule is CC(C)Oc1ncnc(NC2(C)CCS(=O)(=O)C2)c1N. The molecule has 0 bridgehead atoms. The molecule has 0 saturated carbocycles. The highest BCUT2D eigenvalue weighted by atomic mass is 32.2. The van der Waals surface area contributed by atoms with E-state index in [0.717, 1.165) is 0 Å². The van der Waals surface area contributed by atoms with E-state index in [0.29, 0.717) is 23.8 Å². The molecule has 1 atom stereocenters. The van der Waals surface area contributed by atoms with Crippen LogP contribution in [0.2, 0.25) is 0 Å². The lowest BCUT2D eigenvalue weighted by molar-refractivity contribution is 0.234. The van der Waals surface area contributed by atoms with Crippen LogP contribution in [0.25, 0.3) is 0 Å². The molecule has 1 aliphatic rings. The van der Waals surface area contributed by atoms with E-state index in [-0.39, 0.29) is 17.6 Å². The first-order chi connectivity index (χ1) is 9.21. The minimum absolute atomic E-state index is 0.0532. The molecule has 0 aromatic carbocycles. The van der Waals surface area contributed by atoms with Crippen LogP contribution >= 0.6 is 0 Å². The number of hydrogen-bond donors (Lipinski definition) is 2. The molecule has 0 amide bonds. The highest BCUT2D eigenvalue weighted by Gasteiger charge is 2.39. The van der Waals surface area contributed by atoms with Gasteiger partial charge in [0.15, 0.2) is 15.7 Å². The van der Waals surface area contributed by atoms with Crippen LogP contribution in [0.4, 0.5) is 11.5 Å². The number of hydrogen-bond acceptors (Lipinski definition) is 7. The van der Waals surface area contributed by atoms with Gasteiger partial charge >= 0.3 is 0 Å². The third-order valence-electron chi connectivity index (χ3n) is 3.12. The van der Waals surface area contributed by atoms with Gasteiger partial charge in [-0.25, -0.2) is 13.4 Å². The molecule has 1 unspecified atom stereocenters. The molecular formula is C12H20N4O3S. The van der Waals surface area contributed by atoms with Crippen LogP contribution in [0.3, 0.4) is 0 Å². The average molecular weight is 300 g/mol. The van der Waals surface area contributed by atoms with Gasteiger partial charge in [0.1, 0.15) is 12.0 Å². The van der Waals surface area contributed by atoms with Gasteiger partial charge in [-0.15, -0.1) is 0 Å². The van der Waals surface area contributed by atoms with Crippen LogP contribution < -0.4 is 15.8 Å². The van der Waals surface area contributed by atoms with E-state index in [9.17, 15) is 8.42 Å².